The highest BCUT2D eigenvalue weighted by Crippen LogP contribution is 2.30. The van der Waals surface area contributed by atoms with E-state index in [9.17, 15) is 9.59 Å². The van der Waals surface area contributed by atoms with E-state index in [1.165, 1.54) is 0 Å². The summed E-state index contributed by atoms with van der Waals surface area (Å²) in [5.41, 5.74) is 1.74. The van der Waals surface area contributed by atoms with Gasteiger partial charge in [-0.2, -0.15) is 5.10 Å². The molecule has 1 amide bonds. The molecule has 162 valence electrons. The van der Waals surface area contributed by atoms with Gasteiger partial charge in [-0.05, 0) is 55.5 Å². The third-order valence-electron chi connectivity index (χ3n) is 5.18. The average molecular weight is 478 g/mol. The highest BCUT2D eigenvalue weighted by molar-refractivity contribution is 7.13. The van der Waals surface area contributed by atoms with Crippen LogP contribution in [0.4, 0.5) is 0 Å². The number of halogens is 2. The van der Waals surface area contributed by atoms with Crippen LogP contribution in [0.1, 0.15) is 30.3 Å². The number of piperidine rings is 1. The predicted molar refractivity (Wildman–Crippen MR) is 122 cm³/mol. The quantitative estimate of drug-likeness (QED) is 0.466. The van der Waals surface area contributed by atoms with Crippen LogP contribution in [0.25, 0.3) is 16.3 Å². The van der Waals surface area contributed by atoms with Gasteiger partial charge in [-0.25, -0.2) is 4.68 Å². The SMILES string of the molecule is CCOC(=O)C1CCCN(C(=O)c2cc(-c3cccs3)nn2-c2ccc(Cl)c(Cl)c2)C1. The van der Waals surface area contributed by atoms with E-state index in [0.717, 1.165) is 17.7 Å². The van der Waals surface area contributed by atoms with Crippen LogP contribution in [0.15, 0.2) is 41.8 Å². The lowest BCUT2D eigenvalue weighted by Crippen LogP contribution is -2.43. The van der Waals surface area contributed by atoms with Gasteiger partial charge in [0.05, 0.1) is 33.1 Å². The van der Waals surface area contributed by atoms with Gasteiger partial charge in [-0.15, -0.1) is 11.3 Å². The first-order chi connectivity index (χ1) is 15.0. The minimum absolute atomic E-state index is 0.185. The van der Waals surface area contributed by atoms with Crippen molar-refractivity contribution in [2.24, 2.45) is 5.92 Å². The van der Waals surface area contributed by atoms with Gasteiger partial charge in [-0.1, -0.05) is 29.3 Å². The number of carbonyl (C=O) groups excluding carboxylic acids is 2. The topological polar surface area (TPSA) is 64.4 Å². The molecule has 3 aromatic rings. The Bertz CT molecular complexity index is 1100. The van der Waals surface area contributed by atoms with Crippen LogP contribution in [0.3, 0.4) is 0 Å². The van der Waals surface area contributed by atoms with Crippen molar-refractivity contribution in [2.45, 2.75) is 19.8 Å². The fourth-order valence-electron chi connectivity index (χ4n) is 3.67. The second-order valence-electron chi connectivity index (χ2n) is 7.24. The van der Waals surface area contributed by atoms with Crippen molar-refractivity contribution >= 4 is 46.4 Å². The number of benzene rings is 1. The number of esters is 1. The first kappa shape index (κ1) is 21.9. The van der Waals surface area contributed by atoms with Crippen LogP contribution < -0.4 is 0 Å². The molecule has 0 N–H and O–H groups in total. The third kappa shape index (κ3) is 4.63. The first-order valence-electron chi connectivity index (χ1n) is 10.0. The molecule has 1 aromatic carbocycles. The van der Waals surface area contributed by atoms with Gasteiger partial charge in [0.25, 0.3) is 5.91 Å². The number of carbonyl (C=O) groups is 2. The zero-order valence-electron chi connectivity index (χ0n) is 16.9. The average Bonchev–Trinajstić information content (AvgIpc) is 3.45. The van der Waals surface area contributed by atoms with Crippen LogP contribution in [0.2, 0.25) is 10.0 Å². The Labute approximate surface area is 194 Å². The van der Waals surface area contributed by atoms with E-state index in [2.05, 4.69) is 5.10 Å². The molecule has 6 nitrogen and oxygen atoms in total. The maximum absolute atomic E-state index is 13.5. The van der Waals surface area contributed by atoms with Crippen LogP contribution in [-0.2, 0) is 9.53 Å². The van der Waals surface area contributed by atoms with Crippen molar-refractivity contribution in [2.75, 3.05) is 19.7 Å². The lowest BCUT2D eigenvalue weighted by Gasteiger charge is -2.31. The standard InChI is InChI=1S/C22H21Cl2N3O3S/c1-2-30-22(29)14-5-3-9-26(13-14)21(28)19-12-18(20-6-4-10-31-20)25-27(19)15-7-8-16(23)17(24)11-15/h4,6-8,10-12,14H,2-3,5,9,13H2,1H3. The maximum atomic E-state index is 13.5. The van der Waals surface area contributed by atoms with Gasteiger partial charge in [0, 0.05) is 13.1 Å². The molecule has 1 atom stereocenters. The molecule has 1 unspecified atom stereocenters. The molecule has 1 aliphatic heterocycles. The van der Waals surface area contributed by atoms with Gasteiger partial charge >= 0.3 is 5.97 Å². The summed E-state index contributed by atoms with van der Waals surface area (Å²) in [5, 5.41) is 7.45. The number of likely N-dealkylation sites (tertiary alicyclic amines) is 1. The number of hydrogen-bond donors (Lipinski definition) is 0. The second kappa shape index (κ2) is 9.42. The molecule has 0 aliphatic carbocycles. The number of ether oxygens (including phenoxy) is 1. The van der Waals surface area contributed by atoms with Crippen LogP contribution in [0.5, 0.6) is 0 Å². The Morgan fingerprint density at radius 1 is 1.23 bits per heavy atom. The third-order valence-corrected chi connectivity index (χ3v) is 6.81. The van der Waals surface area contributed by atoms with Crippen molar-refractivity contribution < 1.29 is 14.3 Å². The molecule has 0 bridgehead atoms. The van der Waals surface area contributed by atoms with Crippen LogP contribution in [-0.4, -0.2) is 46.3 Å². The highest BCUT2D eigenvalue weighted by atomic mass is 35.5. The van der Waals surface area contributed by atoms with E-state index < -0.39 is 0 Å². The molecule has 4 rings (SSSR count). The van der Waals surface area contributed by atoms with Gasteiger partial charge in [0.2, 0.25) is 0 Å². The summed E-state index contributed by atoms with van der Waals surface area (Å²) in [4.78, 5) is 28.4. The van der Waals surface area contributed by atoms with E-state index >= 15 is 0 Å². The molecule has 3 heterocycles. The molecule has 1 fully saturated rings. The highest BCUT2D eigenvalue weighted by Gasteiger charge is 2.31. The van der Waals surface area contributed by atoms with Crippen molar-refractivity contribution in [3.63, 3.8) is 0 Å². The number of nitrogens with zero attached hydrogens (tertiary/aromatic N) is 3. The Kier molecular flexibility index (Phi) is 6.65. The monoisotopic (exact) mass is 477 g/mol. The minimum Gasteiger partial charge on any atom is -0.466 e. The van der Waals surface area contributed by atoms with E-state index in [-0.39, 0.29) is 17.8 Å². The molecule has 9 heteroatoms. The Hall–Kier alpha value is -2.35. The van der Waals surface area contributed by atoms with E-state index in [4.69, 9.17) is 27.9 Å². The lowest BCUT2D eigenvalue weighted by molar-refractivity contribution is -0.149. The summed E-state index contributed by atoms with van der Waals surface area (Å²) in [6.07, 6.45) is 1.46. The smallest absolute Gasteiger partial charge is 0.310 e. The van der Waals surface area contributed by atoms with Crippen LogP contribution in [0, 0.1) is 5.92 Å². The summed E-state index contributed by atoms with van der Waals surface area (Å²) >= 11 is 13.8. The number of aromatic nitrogens is 2. The molecular formula is C22H21Cl2N3O3S. The maximum Gasteiger partial charge on any atom is 0.310 e. The molecular weight excluding hydrogens is 457 g/mol. The zero-order valence-corrected chi connectivity index (χ0v) is 19.2. The summed E-state index contributed by atoms with van der Waals surface area (Å²) < 4.78 is 6.76. The molecule has 1 saturated heterocycles. The van der Waals surface area contributed by atoms with E-state index in [0.29, 0.717) is 46.8 Å². The molecule has 0 saturated carbocycles. The van der Waals surface area contributed by atoms with Gasteiger partial charge < -0.3 is 9.64 Å². The number of amides is 1. The Balaban J connectivity index is 1.70. The second-order valence-corrected chi connectivity index (χ2v) is 9.01. The Morgan fingerprint density at radius 2 is 2.06 bits per heavy atom. The van der Waals surface area contributed by atoms with Crippen molar-refractivity contribution in [3.8, 4) is 16.3 Å². The fourth-order valence-corrected chi connectivity index (χ4v) is 4.64. The molecule has 0 spiro atoms. The number of thiophene rings is 1. The zero-order chi connectivity index (χ0) is 22.0. The largest absolute Gasteiger partial charge is 0.466 e. The van der Waals surface area contributed by atoms with Gasteiger partial charge in [0.15, 0.2) is 0 Å². The van der Waals surface area contributed by atoms with E-state index in [1.807, 2.05) is 17.5 Å². The summed E-state index contributed by atoms with van der Waals surface area (Å²) in [6.45, 7) is 3.03. The number of rotatable bonds is 5. The minimum atomic E-state index is -0.309. The summed E-state index contributed by atoms with van der Waals surface area (Å²) in [7, 11) is 0. The Morgan fingerprint density at radius 3 is 2.77 bits per heavy atom. The van der Waals surface area contributed by atoms with Crippen molar-refractivity contribution in [1.82, 2.24) is 14.7 Å². The molecule has 1 aliphatic rings. The predicted octanol–water partition coefficient (Wildman–Crippen LogP) is 5.32. The lowest BCUT2D eigenvalue weighted by atomic mass is 9.98. The summed E-state index contributed by atoms with van der Waals surface area (Å²) in [5.74, 6) is -0.747. The first-order valence-corrected chi connectivity index (χ1v) is 11.7. The van der Waals surface area contributed by atoms with E-state index in [1.54, 1.807) is 52.1 Å². The van der Waals surface area contributed by atoms with Crippen molar-refractivity contribution in [1.29, 1.82) is 0 Å². The molecule has 2 aromatic heterocycles. The van der Waals surface area contributed by atoms with Crippen molar-refractivity contribution in [3.05, 3.63) is 57.5 Å². The normalized spacial score (nSPS) is 16.4. The molecule has 31 heavy (non-hydrogen) atoms. The molecule has 0 radical (unpaired) electrons. The van der Waals surface area contributed by atoms with Gasteiger partial charge in [-0.3, -0.25) is 9.59 Å². The van der Waals surface area contributed by atoms with Gasteiger partial charge in [0.1, 0.15) is 11.4 Å². The number of hydrogen-bond acceptors (Lipinski definition) is 5. The van der Waals surface area contributed by atoms with Crippen LogP contribution >= 0.6 is 34.5 Å². The fraction of sp³-hybridized carbons (Fsp3) is 0.318. The summed E-state index contributed by atoms with van der Waals surface area (Å²) in [6, 6.07) is 10.8.